The summed E-state index contributed by atoms with van der Waals surface area (Å²) in [6, 6.07) is 0.501. The number of halogens is 1. The van der Waals surface area contributed by atoms with Gasteiger partial charge >= 0.3 is 0 Å². The lowest BCUT2D eigenvalue weighted by molar-refractivity contribution is -0.134. The molecule has 0 aromatic heterocycles. The van der Waals surface area contributed by atoms with Crippen molar-refractivity contribution < 1.29 is 4.79 Å². The van der Waals surface area contributed by atoms with Gasteiger partial charge in [-0.25, -0.2) is 0 Å². The predicted octanol–water partition coefficient (Wildman–Crippen LogP) is 0.932. The van der Waals surface area contributed by atoms with Crippen LogP contribution in [0.2, 0.25) is 0 Å². The molecule has 1 aliphatic heterocycles. The average molecular weight is 231 g/mol. The van der Waals surface area contributed by atoms with Gasteiger partial charge in [-0.2, -0.15) is 0 Å². The Morgan fingerprint density at radius 3 is 2.40 bits per heavy atom. The summed E-state index contributed by atoms with van der Waals surface area (Å²) in [7, 11) is 0. The zero-order chi connectivity index (χ0) is 9.76. The van der Waals surface area contributed by atoms with E-state index < -0.39 is 0 Å². The van der Waals surface area contributed by atoms with E-state index in [1.54, 1.807) is 0 Å². The second kappa shape index (κ2) is 3.63. The first-order valence-corrected chi connectivity index (χ1v) is 5.72. The van der Waals surface area contributed by atoms with Gasteiger partial charge in [-0.3, -0.25) is 4.79 Å². The fourth-order valence-corrected chi connectivity index (χ4v) is 2.89. The van der Waals surface area contributed by atoms with Crippen molar-refractivity contribution in [2.24, 2.45) is 17.3 Å². The minimum Gasteiger partial charge on any atom is -0.352 e. The first-order chi connectivity index (χ1) is 6.71. The Morgan fingerprint density at radius 1 is 1.33 bits per heavy atom. The van der Waals surface area contributed by atoms with Gasteiger partial charge in [0.25, 0.3) is 0 Å². The summed E-state index contributed by atoms with van der Waals surface area (Å²) in [6.45, 7) is 4.31. The lowest BCUT2D eigenvalue weighted by Gasteiger charge is -2.36. The number of fused-ring (bicyclic) bond motifs is 1. The Labute approximate surface area is 96.8 Å². The van der Waals surface area contributed by atoms with Crippen molar-refractivity contribution in [3.8, 4) is 0 Å². The molecule has 2 N–H and O–H groups in total. The van der Waals surface area contributed by atoms with Crippen LogP contribution in [0.3, 0.4) is 0 Å². The smallest absolute Gasteiger partial charge is 0.226 e. The van der Waals surface area contributed by atoms with Crippen LogP contribution in [0.5, 0.6) is 0 Å². The molecule has 0 radical (unpaired) electrons. The topological polar surface area (TPSA) is 41.1 Å². The Morgan fingerprint density at radius 2 is 1.93 bits per heavy atom. The van der Waals surface area contributed by atoms with Crippen molar-refractivity contribution in [1.82, 2.24) is 10.6 Å². The van der Waals surface area contributed by atoms with Gasteiger partial charge in [-0.15, -0.1) is 12.4 Å². The number of carbonyl (C=O) groups is 1. The number of rotatable bonds is 2. The van der Waals surface area contributed by atoms with Crippen molar-refractivity contribution in [2.75, 3.05) is 13.1 Å². The van der Waals surface area contributed by atoms with E-state index in [1.807, 2.05) is 0 Å². The number of hydrogen-bond donors (Lipinski definition) is 2. The van der Waals surface area contributed by atoms with Gasteiger partial charge < -0.3 is 10.6 Å². The molecule has 2 atom stereocenters. The Bertz CT molecular complexity index is 268. The van der Waals surface area contributed by atoms with Gasteiger partial charge in [0.15, 0.2) is 0 Å². The molecule has 1 amide bonds. The van der Waals surface area contributed by atoms with Crippen LogP contribution in [0.25, 0.3) is 0 Å². The van der Waals surface area contributed by atoms with Crippen LogP contribution < -0.4 is 10.6 Å². The molecular weight excluding hydrogens is 212 g/mol. The largest absolute Gasteiger partial charge is 0.352 e. The second-order valence-corrected chi connectivity index (χ2v) is 5.40. The third-order valence-corrected chi connectivity index (χ3v) is 4.39. The van der Waals surface area contributed by atoms with Crippen LogP contribution in [-0.2, 0) is 4.79 Å². The molecular formula is C11H19ClN2O. The van der Waals surface area contributed by atoms with Crippen LogP contribution >= 0.6 is 12.4 Å². The fraction of sp³-hybridized carbons (Fsp3) is 0.909. The molecule has 3 nitrogen and oxygen atoms in total. The zero-order valence-electron chi connectivity index (χ0n) is 9.08. The Kier molecular flexibility index (Phi) is 2.72. The Balaban J connectivity index is 0.000000853. The van der Waals surface area contributed by atoms with Crippen molar-refractivity contribution >= 4 is 18.3 Å². The quantitative estimate of drug-likeness (QED) is 0.741. The van der Waals surface area contributed by atoms with Gasteiger partial charge in [0, 0.05) is 24.5 Å². The maximum Gasteiger partial charge on any atom is 0.226 e. The molecule has 0 aromatic carbocycles. The number of amides is 1. The van der Waals surface area contributed by atoms with Gasteiger partial charge in [0.2, 0.25) is 5.91 Å². The summed E-state index contributed by atoms with van der Waals surface area (Å²) in [6.07, 6.45) is 3.39. The van der Waals surface area contributed by atoms with E-state index >= 15 is 0 Å². The first kappa shape index (κ1) is 11.2. The van der Waals surface area contributed by atoms with E-state index in [1.165, 1.54) is 6.42 Å². The standard InChI is InChI=1S/C11H18N2O.ClH/c1-11(3-2-4-11)10(14)13-9-7-5-12-6-8(7)9;/h7-9,12H,2-6H2,1H3,(H,13,14);1H. The third-order valence-electron chi connectivity index (χ3n) is 4.39. The molecule has 3 aliphatic rings. The molecule has 0 spiro atoms. The highest BCUT2D eigenvalue weighted by molar-refractivity contribution is 5.85. The molecule has 0 bridgehead atoms. The molecule has 86 valence electrons. The molecule has 2 aliphatic carbocycles. The van der Waals surface area contributed by atoms with Gasteiger partial charge in [0.05, 0.1) is 0 Å². The number of piperidine rings is 1. The van der Waals surface area contributed by atoms with Crippen LogP contribution in [0.1, 0.15) is 26.2 Å². The van der Waals surface area contributed by atoms with E-state index in [2.05, 4.69) is 17.6 Å². The molecule has 2 saturated carbocycles. The highest BCUT2D eigenvalue weighted by Crippen LogP contribution is 2.45. The number of nitrogens with one attached hydrogen (secondary N) is 2. The molecule has 1 saturated heterocycles. The zero-order valence-corrected chi connectivity index (χ0v) is 9.90. The predicted molar refractivity (Wildman–Crippen MR) is 61.0 cm³/mol. The third kappa shape index (κ3) is 1.66. The van der Waals surface area contributed by atoms with Gasteiger partial charge in [-0.05, 0) is 24.7 Å². The normalized spacial score (nSPS) is 39.7. The van der Waals surface area contributed by atoms with E-state index in [9.17, 15) is 4.79 Å². The SMILES string of the molecule is CC1(C(=O)NC2C3CNCC32)CCC1.Cl. The average Bonchev–Trinajstić information content (AvgIpc) is 2.62. The highest BCUT2D eigenvalue weighted by atomic mass is 35.5. The van der Waals surface area contributed by atoms with Gasteiger partial charge in [-0.1, -0.05) is 13.3 Å². The van der Waals surface area contributed by atoms with Crippen LogP contribution in [0.15, 0.2) is 0 Å². The summed E-state index contributed by atoms with van der Waals surface area (Å²) in [5.74, 6) is 1.79. The molecule has 2 unspecified atom stereocenters. The summed E-state index contributed by atoms with van der Waals surface area (Å²) in [5, 5.41) is 6.56. The van der Waals surface area contributed by atoms with E-state index in [0.29, 0.717) is 11.9 Å². The number of hydrogen-bond acceptors (Lipinski definition) is 2. The molecule has 4 heteroatoms. The van der Waals surface area contributed by atoms with Gasteiger partial charge in [0.1, 0.15) is 0 Å². The minimum absolute atomic E-state index is 0. The summed E-state index contributed by atoms with van der Waals surface area (Å²) in [4.78, 5) is 11.9. The first-order valence-electron chi connectivity index (χ1n) is 5.72. The van der Waals surface area contributed by atoms with Crippen LogP contribution in [0.4, 0.5) is 0 Å². The van der Waals surface area contributed by atoms with E-state index in [0.717, 1.165) is 37.8 Å². The fourth-order valence-electron chi connectivity index (χ4n) is 2.89. The van der Waals surface area contributed by atoms with Crippen LogP contribution in [-0.4, -0.2) is 25.0 Å². The summed E-state index contributed by atoms with van der Waals surface area (Å²) >= 11 is 0. The minimum atomic E-state index is -0.0235. The maximum absolute atomic E-state index is 11.9. The lowest BCUT2D eigenvalue weighted by atomic mass is 9.70. The molecule has 1 heterocycles. The van der Waals surface area contributed by atoms with Crippen molar-refractivity contribution in [3.05, 3.63) is 0 Å². The molecule has 3 rings (SSSR count). The second-order valence-electron chi connectivity index (χ2n) is 5.40. The van der Waals surface area contributed by atoms with Crippen LogP contribution in [0, 0.1) is 17.3 Å². The highest BCUT2D eigenvalue weighted by Gasteiger charge is 2.55. The monoisotopic (exact) mass is 230 g/mol. The molecule has 0 aromatic rings. The lowest BCUT2D eigenvalue weighted by Crippen LogP contribution is -2.45. The van der Waals surface area contributed by atoms with Crippen molar-refractivity contribution in [2.45, 2.75) is 32.2 Å². The summed E-state index contributed by atoms with van der Waals surface area (Å²) in [5.41, 5.74) is -0.0235. The van der Waals surface area contributed by atoms with Crippen molar-refractivity contribution in [1.29, 1.82) is 0 Å². The van der Waals surface area contributed by atoms with E-state index in [4.69, 9.17) is 0 Å². The maximum atomic E-state index is 11.9. The summed E-state index contributed by atoms with van der Waals surface area (Å²) < 4.78 is 0. The molecule has 15 heavy (non-hydrogen) atoms. The van der Waals surface area contributed by atoms with E-state index in [-0.39, 0.29) is 17.8 Å². The molecule has 3 fully saturated rings. The van der Waals surface area contributed by atoms with Crippen molar-refractivity contribution in [3.63, 3.8) is 0 Å². The Hall–Kier alpha value is -0.280. The number of carbonyl (C=O) groups excluding carboxylic acids is 1.